The van der Waals surface area contributed by atoms with Crippen LogP contribution in [0.1, 0.15) is 49.1 Å². The maximum atomic E-state index is 5.35. The van der Waals surface area contributed by atoms with Gasteiger partial charge in [-0.25, -0.2) is 9.97 Å². The van der Waals surface area contributed by atoms with Crippen LogP contribution in [0.2, 0.25) is 0 Å². The summed E-state index contributed by atoms with van der Waals surface area (Å²) < 4.78 is 5.35. The van der Waals surface area contributed by atoms with Gasteiger partial charge in [0.05, 0.1) is 7.11 Å². The molecule has 5 heteroatoms. The minimum atomic E-state index is 0.556. The van der Waals surface area contributed by atoms with Gasteiger partial charge in [0.15, 0.2) is 0 Å². The monoisotopic (exact) mass is 352 g/mol. The van der Waals surface area contributed by atoms with E-state index in [1.807, 2.05) is 13.0 Å². The van der Waals surface area contributed by atoms with Gasteiger partial charge in [0, 0.05) is 25.2 Å². The number of aryl methyl sites for hydroxylation is 1. The van der Waals surface area contributed by atoms with Crippen molar-refractivity contribution in [3.8, 4) is 5.75 Å². The summed E-state index contributed by atoms with van der Waals surface area (Å²) in [5, 5.41) is 3.64. The van der Waals surface area contributed by atoms with Gasteiger partial charge in [0.1, 0.15) is 23.2 Å². The number of hydrogen-bond donors (Lipinski definition) is 1. The van der Waals surface area contributed by atoms with Crippen molar-refractivity contribution in [1.82, 2.24) is 9.97 Å². The lowest BCUT2D eigenvalue weighted by Crippen LogP contribution is -2.31. The topological polar surface area (TPSA) is 50.3 Å². The van der Waals surface area contributed by atoms with Crippen LogP contribution < -0.4 is 15.0 Å². The molecule has 0 spiro atoms. The zero-order valence-corrected chi connectivity index (χ0v) is 15.8. The number of nitrogens with one attached hydrogen (secondary N) is 1. The van der Waals surface area contributed by atoms with E-state index in [0.717, 1.165) is 42.7 Å². The highest BCUT2D eigenvalue weighted by atomic mass is 16.5. The Morgan fingerprint density at radius 1 is 1.08 bits per heavy atom. The van der Waals surface area contributed by atoms with Crippen LogP contribution in [0.4, 0.5) is 11.6 Å². The van der Waals surface area contributed by atoms with Gasteiger partial charge in [-0.3, -0.25) is 0 Å². The number of methoxy groups -OCH3 is 1. The van der Waals surface area contributed by atoms with Crippen molar-refractivity contribution in [2.75, 3.05) is 23.9 Å². The molecule has 4 rings (SSSR count). The third kappa shape index (κ3) is 3.76. The lowest BCUT2D eigenvalue weighted by Gasteiger charge is -2.31. The van der Waals surface area contributed by atoms with E-state index in [1.54, 1.807) is 7.11 Å². The molecule has 0 unspecified atom stereocenters. The third-order valence-corrected chi connectivity index (χ3v) is 5.53. The molecule has 2 aliphatic rings. The Morgan fingerprint density at radius 2 is 1.92 bits per heavy atom. The van der Waals surface area contributed by atoms with E-state index in [1.165, 1.54) is 43.2 Å². The second kappa shape index (κ2) is 7.52. The van der Waals surface area contributed by atoms with Gasteiger partial charge in [-0.2, -0.15) is 0 Å². The molecule has 0 radical (unpaired) electrons. The summed E-state index contributed by atoms with van der Waals surface area (Å²) in [5.74, 6) is 3.77. The Labute approximate surface area is 155 Å². The molecule has 0 amide bonds. The van der Waals surface area contributed by atoms with Crippen LogP contribution >= 0.6 is 0 Å². The van der Waals surface area contributed by atoms with Crippen LogP contribution in [0.25, 0.3) is 0 Å². The lowest BCUT2D eigenvalue weighted by atomic mass is 9.95. The first-order valence-electron chi connectivity index (χ1n) is 9.74. The number of aromatic nitrogens is 2. The van der Waals surface area contributed by atoms with Crippen molar-refractivity contribution in [2.45, 2.75) is 58.0 Å². The van der Waals surface area contributed by atoms with E-state index in [0.29, 0.717) is 6.04 Å². The maximum Gasteiger partial charge on any atom is 0.134 e. The summed E-state index contributed by atoms with van der Waals surface area (Å²) >= 11 is 0. The molecule has 0 bridgehead atoms. The van der Waals surface area contributed by atoms with Crippen molar-refractivity contribution in [3.05, 3.63) is 41.2 Å². The fourth-order valence-corrected chi connectivity index (χ4v) is 4.10. The fourth-order valence-electron chi connectivity index (χ4n) is 4.10. The number of benzene rings is 1. The molecule has 5 nitrogen and oxygen atoms in total. The molecule has 138 valence electrons. The van der Waals surface area contributed by atoms with Crippen molar-refractivity contribution >= 4 is 11.6 Å². The summed E-state index contributed by atoms with van der Waals surface area (Å²) in [6.07, 6.45) is 7.52. The highest BCUT2D eigenvalue weighted by molar-refractivity contribution is 5.52. The molecule has 1 aromatic heterocycles. The Morgan fingerprint density at radius 3 is 2.73 bits per heavy atom. The first-order chi connectivity index (χ1) is 12.7. The maximum absolute atomic E-state index is 5.35. The van der Waals surface area contributed by atoms with Gasteiger partial charge in [-0.1, -0.05) is 25.3 Å². The van der Waals surface area contributed by atoms with Crippen molar-refractivity contribution in [2.24, 2.45) is 0 Å². The van der Waals surface area contributed by atoms with E-state index >= 15 is 0 Å². The second-order valence-corrected chi connectivity index (χ2v) is 7.44. The van der Waals surface area contributed by atoms with E-state index in [-0.39, 0.29) is 0 Å². The molecule has 0 saturated heterocycles. The summed E-state index contributed by atoms with van der Waals surface area (Å²) in [6.45, 7) is 3.84. The standard InChI is InChI=1S/C21H28N4O/c1-15-22-20(24-18-6-4-3-5-7-18)13-21(23-15)25-11-10-16-12-19(26-2)9-8-17(16)14-25/h8-9,12-13,18H,3-7,10-11,14H2,1-2H3,(H,22,23,24). The Kier molecular flexibility index (Phi) is 4.96. The largest absolute Gasteiger partial charge is 0.497 e. The Bertz CT molecular complexity index is 771. The quantitative estimate of drug-likeness (QED) is 0.898. The molecule has 1 aromatic carbocycles. The number of anilines is 2. The van der Waals surface area contributed by atoms with Gasteiger partial charge < -0.3 is 15.0 Å². The van der Waals surface area contributed by atoms with Gasteiger partial charge in [0.25, 0.3) is 0 Å². The highest BCUT2D eigenvalue weighted by Gasteiger charge is 2.20. The molecule has 1 saturated carbocycles. The number of hydrogen-bond acceptors (Lipinski definition) is 5. The summed E-state index contributed by atoms with van der Waals surface area (Å²) in [4.78, 5) is 11.7. The smallest absolute Gasteiger partial charge is 0.134 e. The summed E-state index contributed by atoms with van der Waals surface area (Å²) in [7, 11) is 1.72. The van der Waals surface area contributed by atoms with Crippen LogP contribution in [-0.4, -0.2) is 29.7 Å². The van der Waals surface area contributed by atoms with Crippen molar-refractivity contribution in [1.29, 1.82) is 0 Å². The van der Waals surface area contributed by atoms with Gasteiger partial charge in [0.2, 0.25) is 0 Å². The predicted octanol–water partition coefficient (Wildman–Crippen LogP) is 4.10. The van der Waals surface area contributed by atoms with Crippen LogP contribution in [0.5, 0.6) is 5.75 Å². The zero-order valence-electron chi connectivity index (χ0n) is 15.8. The molecule has 2 heterocycles. The predicted molar refractivity (Wildman–Crippen MR) is 105 cm³/mol. The minimum Gasteiger partial charge on any atom is -0.497 e. The first-order valence-corrected chi connectivity index (χ1v) is 9.74. The Balaban J connectivity index is 1.52. The van der Waals surface area contributed by atoms with Crippen molar-refractivity contribution < 1.29 is 4.74 Å². The summed E-state index contributed by atoms with van der Waals surface area (Å²) in [6, 6.07) is 9.06. The number of fused-ring (bicyclic) bond motifs is 1. The van der Waals surface area contributed by atoms with Crippen LogP contribution in [0.15, 0.2) is 24.3 Å². The van der Waals surface area contributed by atoms with Crippen LogP contribution in [0, 0.1) is 6.92 Å². The second-order valence-electron chi connectivity index (χ2n) is 7.44. The third-order valence-electron chi connectivity index (χ3n) is 5.53. The average Bonchev–Trinajstić information content (AvgIpc) is 2.67. The minimum absolute atomic E-state index is 0.556. The molecule has 0 atom stereocenters. The van der Waals surface area contributed by atoms with Gasteiger partial charge >= 0.3 is 0 Å². The number of ether oxygens (including phenoxy) is 1. The van der Waals surface area contributed by atoms with Gasteiger partial charge in [-0.15, -0.1) is 0 Å². The molecule has 1 N–H and O–H groups in total. The lowest BCUT2D eigenvalue weighted by molar-refractivity contribution is 0.413. The van der Waals surface area contributed by atoms with E-state index < -0.39 is 0 Å². The fraction of sp³-hybridized carbons (Fsp3) is 0.524. The van der Waals surface area contributed by atoms with E-state index in [9.17, 15) is 0 Å². The molecular weight excluding hydrogens is 324 g/mol. The molecule has 26 heavy (non-hydrogen) atoms. The first kappa shape index (κ1) is 17.1. The zero-order chi connectivity index (χ0) is 17.9. The normalized spacial score (nSPS) is 17.7. The van der Waals surface area contributed by atoms with Crippen LogP contribution in [-0.2, 0) is 13.0 Å². The number of rotatable bonds is 4. The van der Waals surface area contributed by atoms with E-state index in [4.69, 9.17) is 9.72 Å². The highest BCUT2D eigenvalue weighted by Crippen LogP contribution is 2.28. The molecule has 1 fully saturated rings. The van der Waals surface area contributed by atoms with E-state index in [2.05, 4.69) is 33.4 Å². The molecule has 1 aliphatic heterocycles. The number of nitrogens with zero attached hydrogens (tertiary/aromatic N) is 3. The van der Waals surface area contributed by atoms with Crippen molar-refractivity contribution in [3.63, 3.8) is 0 Å². The molecular formula is C21H28N4O. The average molecular weight is 352 g/mol. The van der Waals surface area contributed by atoms with Gasteiger partial charge in [-0.05, 0) is 49.4 Å². The SMILES string of the molecule is COc1ccc2c(c1)CCN(c1cc(NC3CCCCC3)nc(C)n1)C2. The molecule has 1 aliphatic carbocycles. The Hall–Kier alpha value is -2.30. The van der Waals surface area contributed by atoms with Crippen LogP contribution in [0.3, 0.4) is 0 Å². The molecule has 2 aromatic rings. The summed E-state index contributed by atoms with van der Waals surface area (Å²) in [5.41, 5.74) is 2.74.